The van der Waals surface area contributed by atoms with Crippen LogP contribution in [0.1, 0.15) is 13.3 Å². The van der Waals surface area contributed by atoms with Crippen molar-refractivity contribution in [3.05, 3.63) is 0 Å². The van der Waals surface area contributed by atoms with Gasteiger partial charge in [-0.05, 0) is 6.92 Å². The number of hydrogen-bond donors (Lipinski definition) is 2. The van der Waals surface area contributed by atoms with Crippen LogP contribution in [0, 0.1) is 0 Å². The third kappa shape index (κ3) is 5.82. The lowest BCUT2D eigenvalue weighted by Gasteiger charge is -2.22. The van der Waals surface area contributed by atoms with E-state index in [0.29, 0.717) is 0 Å². The second-order valence-corrected chi connectivity index (χ2v) is 3.14. The van der Waals surface area contributed by atoms with Gasteiger partial charge in [-0.3, -0.25) is 4.79 Å². The van der Waals surface area contributed by atoms with E-state index in [1.165, 1.54) is 0 Å². The Kier molecular flexibility index (Phi) is 6.31. The van der Waals surface area contributed by atoms with Gasteiger partial charge < -0.3 is 15.7 Å². The number of nitrogens with two attached hydrogens (primary N) is 1. The van der Waals surface area contributed by atoms with Gasteiger partial charge in [0.1, 0.15) is 0 Å². The van der Waals surface area contributed by atoms with Crippen LogP contribution in [0.15, 0.2) is 0 Å². The van der Waals surface area contributed by atoms with Crippen LogP contribution < -0.4 is 5.73 Å². The van der Waals surface area contributed by atoms with Gasteiger partial charge in [0.15, 0.2) is 0 Å². The summed E-state index contributed by atoms with van der Waals surface area (Å²) in [7, 11) is 0. The van der Waals surface area contributed by atoms with Crippen LogP contribution in [-0.2, 0) is 4.79 Å². The summed E-state index contributed by atoms with van der Waals surface area (Å²) in [5.74, 6) is -0.450. The zero-order valence-electron chi connectivity index (χ0n) is 8.12. The lowest BCUT2D eigenvalue weighted by molar-refractivity contribution is -0.134. The van der Waals surface area contributed by atoms with E-state index in [2.05, 4.69) is 0 Å². The highest BCUT2D eigenvalue weighted by atomic mass is 19.3. The number of aliphatic hydroxyl groups is 1. The average Bonchev–Trinajstić information content (AvgIpc) is 2.01. The van der Waals surface area contributed by atoms with E-state index < -0.39 is 18.9 Å². The summed E-state index contributed by atoms with van der Waals surface area (Å²) in [5.41, 5.74) is 5.36. The highest BCUT2D eigenvalue weighted by Crippen LogP contribution is 2.02. The van der Waals surface area contributed by atoms with Gasteiger partial charge in [0.25, 0.3) is 6.43 Å². The Balaban J connectivity index is 4.10. The maximum atomic E-state index is 12.0. The summed E-state index contributed by atoms with van der Waals surface area (Å²) in [6.45, 7) is 0.580. The van der Waals surface area contributed by atoms with E-state index in [-0.39, 0.29) is 25.6 Å². The zero-order valence-corrected chi connectivity index (χ0v) is 8.12. The summed E-state index contributed by atoms with van der Waals surface area (Å²) in [5, 5.41) is 8.56. The lowest BCUT2D eigenvalue weighted by Crippen LogP contribution is -2.39. The molecule has 0 aliphatic rings. The number of nitrogens with zero attached hydrogens (tertiary/aromatic N) is 1. The lowest BCUT2D eigenvalue weighted by atomic mass is 10.2. The van der Waals surface area contributed by atoms with E-state index in [9.17, 15) is 13.6 Å². The Morgan fingerprint density at radius 1 is 1.57 bits per heavy atom. The Labute approximate surface area is 81.7 Å². The van der Waals surface area contributed by atoms with Crippen LogP contribution in [0.3, 0.4) is 0 Å². The van der Waals surface area contributed by atoms with Gasteiger partial charge in [-0.25, -0.2) is 8.78 Å². The fourth-order valence-electron chi connectivity index (χ4n) is 1.01. The van der Waals surface area contributed by atoms with Crippen LogP contribution in [0.5, 0.6) is 0 Å². The molecule has 0 aromatic heterocycles. The fraction of sp³-hybridized carbons (Fsp3) is 0.875. The second-order valence-electron chi connectivity index (χ2n) is 3.14. The van der Waals surface area contributed by atoms with E-state index in [1.54, 1.807) is 6.92 Å². The molecule has 0 aliphatic heterocycles. The molecule has 0 bridgehead atoms. The molecule has 0 heterocycles. The molecule has 0 spiro atoms. The maximum Gasteiger partial charge on any atom is 0.255 e. The normalized spacial score (nSPS) is 13.0. The molecule has 4 nitrogen and oxygen atoms in total. The molecule has 0 rings (SSSR count). The molecular formula is C8H16F2N2O2. The quantitative estimate of drug-likeness (QED) is 0.638. The van der Waals surface area contributed by atoms with E-state index in [4.69, 9.17) is 10.8 Å². The van der Waals surface area contributed by atoms with Crippen molar-refractivity contribution in [1.29, 1.82) is 0 Å². The minimum Gasteiger partial charge on any atom is -0.395 e. The first-order valence-electron chi connectivity index (χ1n) is 4.39. The molecule has 0 radical (unpaired) electrons. The van der Waals surface area contributed by atoms with Gasteiger partial charge in [-0.1, -0.05) is 0 Å². The summed E-state index contributed by atoms with van der Waals surface area (Å²) >= 11 is 0. The topological polar surface area (TPSA) is 66.6 Å². The molecule has 0 fully saturated rings. The molecule has 0 saturated heterocycles. The van der Waals surface area contributed by atoms with Gasteiger partial charge in [0.05, 0.1) is 13.2 Å². The van der Waals surface area contributed by atoms with E-state index in [0.717, 1.165) is 4.90 Å². The average molecular weight is 210 g/mol. The first-order valence-corrected chi connectivity index (χ1v) is 4.39. The molecule has 84 valence electrons. The molecule has 0 aliphatic carbocycles. The number of aliphatic hydroxyl groups excluding tert-OH is 1. The highest BCUT2D eigenvalue weighted by molar-refractivity contribution is 5.76. The zero-order chi connectivity index (χ0) is 11.1. The summed E-state index contributed by atoms with van der Waals surface area (Å²) in [6, 6.07) is -0.360. The number of alkyl halides is 2. The number of carbonyl (C=O) groups is 1. The fourth-order valence-corrected chi connectivity index (χ4v) is 1.01. The maximum absolute atomic E-state index is 12.0. The van der Waals surface area contributed by atoms with Crippen LogP contribution >= 0.6 is 0 Å². The number of carbonyl (C=O) groups excluding carboxylic acids is 1. The van der Waals surface area contributed by atoms with Crippen molar-refractivity contribution in [2.75, 3.05) is 19.7 Å². The molecule has 0 saturated carbocycles. The molecule has 0 aromatic carbocycles. The smallest absolute Gasteiger partial charge is 0.255 e. The van der Waals surface area contributed by atoms with Crippen molar-refractivity contribution in [2.24, 2.45) is 5.73 Å². The molecule has 1 atom stereocenters. The van der Waals surface area contributed by atoms with E-state index >= 15 is 0 Å². The Hall–Kier alpha value is -0.750. The van der Waals surface area contributed by atoms with Crippen LogP contribution in [0.4, 0.5) is 8.78 Å². The standard InChI is InChI=1S/C8H16F2N2O2/c1-6(11)4-8(14)12(2-3-13)5-7(9)10/h6-7,13H,2-5,11H2,1H3. The van der Waals surface area contributed by atoms with Crippen molar-refractivity contribution in [3.8, 4) is 0 Å². The molecule has 1 amide bonds. The Morgan fingerprint density at radius 3 is 2.50 bits per heavy atom. The van der Waals surface area contributed by atoms with Crippen LogP contribution in [-0.4, -0.2) is 48.1 Å². The largest absolute Gasteiger partial charge is 0.395 e. The highest BCUT2D eigenvalue weighted by Gasteiger charge is 2.18. The molecular weight excluding hydrogens is 194 g/mol. The van der Waals surface area contributed by atoms with Crippen molar-refractivity contribution >= 4 is 5.91 Å². The number of hydrogen-bond acceptors (Lipinski definition) is 3. The third-order valence-electron chi connectivity index (χ3n) is 1.58. The Bertz CT molecular complexity index is 177. The van der Waals surface area contributed by atoms with Crippen molar-refractivity contribution < 1.29 is 18.7 Å². The van der Waals surface area contributed by atoms with Gasteiger partial charge in [-0.2, -0.15) is 0 Å². The van der Waals surface area contributed by atoms with Crippen molar-refractivity contribution in [3.63, 3.8) is 0 Å². The minimum absolute atomic E-state index is 0.0206. The number of rotatable bonds is 6. The molecule has 3 N–H and O–H groups in total. The number of amides is 1. The monoisotopic (exact) mass is 210 g/mol. The summed E-state index contributed by atoms with van der Waals surface area (Å²) in [6.07, 6.45) is -2.56. The molecule has 1 unspecified atom stereocenters. The van der Waals surface area contributed by atoms with E-state index in [1.807, 2.05) is 0 Å². The minimum atomic E-state index is -2.58. The first kappa shape index (κ1) is 13.2. The predicted molar refractivity (Wildman–Crippen MR) is 47.9 cm³/mol. The number of halogens is 2. The van der Waals surface area contributed by atoms with Gasteiger partial charge in [-0.15, -0.1) is 0 Å². The molecule has 6 heteroatoms. The second kappa shape index (κ2) is 6.67. The van der Waals surface area contributed by atoms with Gasteiger partial charge >= 0.3 is 0 Å². The SMILES string of the molecule is CC(N)CC(=O)N(CCO)CC(F)F. The van der Waals surface area contributed by atoms with Gasteiger partial charge in [0, 0.05) is 19.0 Å². The molecule has 14 heavy (non-hydrogen) atoms. The third-order valence-corrected chi connectivity index (χ3v) is 1.58. The van der Waals surface area contributed by atoms with Crippen LogP contribution in [0.2, 0.25) is 0 Å². The van der Waals surface area contributed by atoms with Crippen molar-refractivity contribution in [1.82, 2.24) is 4.90 Å². The Morgan fingerprint density at radius 2 is 2.14 bits per heavy atom. The summed E-state index contributed by atoms with van der Waals surface area (Å²) < 4.78 is 24.0. The predicted octanol–water partition coefficient (Wildman–Crippen LogP) is -0.190. The first-order chi connectivity index (χ1) is 6.47. The molecule has 0 aromatic rings. The van der Waals surface area contributed by atoms with Gasteiger partial charge in [0.2, 0.25) is 5.91 Å². The van der Waals surface area contributed by atoms with Crippen molar-refractivity contribution in [2.45, 2.75) is 25.8 Å². The van der Waals surface area contributed by atoms with Crippen LogP contribution in [0.25, 0.3) is 0 Å². The summed E-state index contributed by atoms with van der Waals surface area (Å²) in [4.78, 5) is 12.2.